The van der Waals surface area contributed by atoms with E-state index in [9.17, 15) is 9.59 Å². The standard InChI is InChI=1S/C20H21ClN6O3/c21-9-18(28)22-11-14-12-27(26-24-14)15-5-3-4-13(8-15)10-23-20(29)19-16-6-1-2-7-17(16)25-30-19/h3-5,8,12H,1-2,6-7,9-11H2,(H,22,28)(H,23,29). The molecule has 4 rings (SSSR count). The molecule has 0 radical (unpaired) electrons. The summed E-state index contributed by atoms with van der Waals surface area (Å²) in [5, 5.41) is 17.7. The van der Waals surface area contributed by atoms with E-state index in [4.69, 9.17) is 16.1 Å². The van der Waals surface area contributed by atoms with Crippen molar-refractivity contribution >= 4 is 23.4 Å². The molecule has 2 aromatic heterocycles. The molecule has 30 heavy (non-hydrogen) atoms. The molecule has 0 unspecified atom stereocenters. The molecule has 2 amide bonds. The van der Waals surface area contributed by atoms with Crippen molar-refractivity contribution in [2.45, 2.75) is 38.8 Å². The number of nitrogens with zero attached hydrogens (tertiary/aromatic N) is 4. The Hall–Kier alpha value is -3.20. The molecule has 1 aliphatic rings. The molecule has 1 aromatic carbocycles. The largest absolute Gasteiger partial charge is 0.350 e. The predicted octanol–water partition coefficient (Wildman–Crippen LogP) is 1.92. The van der Waals surface area contributed by atoms with Crippen LogP contribution in [-0.4, -0.2) is 37.8 Å². The summed E-state index contributed by atoms with van der Waals surface area (Å²) >= 11 is 5.46. The summed E-state index contributed by atoms with van der Waals surface area (Å²) in [4.78, 5) is 23.8. The minimum atomic E-state index is -0.267. The van der Waals surface area contributed by atoms with Gasteiger partial charge in [0.2, 0.25) is 11.7 Å². The summed E-state index contributed by atoms with van der Waals surface area (Å²) in [5.41, 5.74) is 4.15. The normalized spacial score (nSPS) is 13.0. The van der Waals surface area contributed by atoms with Crippen molar-refractivity contribution < 1.29 is 14.1 Å². The first kappa shape index (κ1) is 20.1. The fraction of sp³-hybridized carbons (Fsp3) is 0.350. The number of fused-ring (bicyclic) bond motifs is 1. The number of nitrogens with one attached hydrogen (secondary N) is 2. The average molecular weight is 429 g/mol. The lowest BCUT2D eigenvalue weighted by Gasteiger charge is -2.09. The highest BCUT2D eigenvalue weighted by molar-refractivity contribution is 6.27. The number of halogens is 1. The molecule has 0 fully saturated rings. The SMILES string of the molecule is O=C(CCl)NCc1cn(-c2cccc(CNC(=O)c3onc4c3CCCC4)c2)nn1. The second-order valence-electron chi connectivity index (χ2n) is 7.06. The maximum Gasteiger partial charge on any atom is 0.290 e. The maximum absolute atomic E-state index is 12.5. The van der Waals surface area contributed by atoms with Gasteiger partial charge in [-0.15, -0.1) is 16.7 Å². The number of carbonyl (C=O) groups excluding carboxylic acids is 2. The molecule has 0 bridgehead atoms. The molecular weight excluding hydrogens is 408 g/mol. The third kappa shape index (κ3) is 4.51. The Bertz CT molecular complexity index is 1060. The number of alkyl halides is 1. The molecule has 1 aliphatic carbocycles. The Kier molecular flexibility index (Phi) is 6.08. The summed E-state index contributed by atoms with van der Waals surface area (Å²) in [5.74, 6) is -0.300. The lowest BCUT2D eigenvalue weighted by Crippen LogP contribution is -2.24. The Morgan fingerprint density at radius 1 is 1.17 bits per heavy atom. The number of hydrogen-bond acceptors (Lipinski definition) is 6. The van der Waals surface area contributed by atoms with Gasteiger partial charge in [0, 0.05) is 12.1 Å². The van der Waals surface area contributed by atoms with Crippen LogP contribution >= 0.6 is 11.6 Å². The van der Waals surface area contributed by atoms with Crippen molar-refractivity contribution in [2.75, 3.05) is 5.88 Å². The van der Waals surface area contributed by atoms with Crippen LogP contribution in [0.2, 0.25) is 0 Å². The number of aromatic nitrogens is 4. The summed E-state index contributed by atoms with van der Waals surface area (Å²) in [6, 6.07) is 7.59. The zero-order valence-corrected chi connectivity index (χ0v) is 17.0. The number of hydrogen-bond donors (Lipinski definition) is 2. The Morgan fingerprint density at radius 3 is 2.90 bits per heavy atom. The number of carbonyl (C=O) groups is 2. The molecular formula is C20H21ClN6O3. The second-order valence-corrected chi connectivity index (χ2v) is 7.33. The maximum atomic E-state index is 12.5. The van der Waals surface area contributed by atoms with E-state index in [1.54, 1.807) is 10.9 Å². The molecule has 9 nitrogen and oxygen atoms in total. The van der Waals surface area contributed by atoms with Crippen LogP contribution < -0.4 is 10.6 Å². The van der Waals surface area contributed by atoms with E-state index in [0.29, 0.717) is 18.0 Å². The van der Waals surface area contributed by atoms with Crippen LogP contribution in [-0.2, 0) is 30.7 Å². The number of rotatable bonds is 7. The smallest absolute Gasteiger partial charge is 0.290 e. The minimum Gasteiger partial charge on any atom is -0.350 e. The van der Waals surface area contributed by atoms with E-state index in [0.717, 1.165) is 48.2 Å². The lowest BCUT2D eigenvalue weighted by atomic mass is 9.96. The van der Waals surface area contributed by atoms with E-state index in [-0.39, 0.29) is 24.2 Å². The highest BCUT2D eigenvalue weighted by Gasteiger charge is 2.23. The van der Waals surface area contributed by atoms with Crippen LogP contribution in [0.3, 0.4) is 0 Å². The number of benzene rings is 1. The molecule has 0 spiro atoms. The second kappa shape index (κ2) is 9.08. The molecule has 2 N–H and O–H groups in total. The quantitative estimate of drug-likeness (QED) is 0.555. The van der Waals surface area contributed by atoms with Crippen LogP contribution in [0, 0.1) is 0 Å². The van der Waals surface area contributed by atoms with Crippen molar-refractivity contribution in [3.8, 4) is 5.69 Å². The van der Waals surface area contributed by atoms with Gasteiger partial charge >= 0.3 is 0 Å². The Morgan fingerprint density at radius 2 is 2.03 bits per heavy atom. The van der Waals surface area contributed by atoms with Gasteiger partial charge in [0.15, 0.2) is 0 Å². The third-order valence-corrected chi connectivity index (χ3v) is 5.17. The van der Waals surface area contributed by atoms with Crippen LogP contribution in [0.1, 0.15) is 45.9 Å². The molecule has 2 heterocycles. The van der Waals surface area contributed by atoms with Gasteiger partial charge in [-0.2, -0.15) is 0 Å². The van der Waals surface area contributed by atoms with Crippen molar-refractivity contribution in [1.29, 1.82) is 0 Å². The summed E-state index contributed by atoms with van der Waals surface area (Å²) in [6.07, 6.45) is 5.55. The molecule has 0 saturated heterocycles. The first-order valence-electron chi connectivity index (χ1n) is 9.73. The summed E-state index contributed by atoms with van der Waals surface area (Å²) < 4.78 is 6.90. The van der Waals surface area contributed by atoms with Crippen molar-refractivity contribution in [3.05, 3.63) is 58.7 Å². The first-order valence-corrected chi connectivity index (χ1v) is 10.3. The molecule has 156 valence electrons. The van der Waals surface area contributed by atoms with Crippen LogP contribution in [0.4, 0.5) is 0 Å². The van der Waals surface area contributed by atoms with E-state index in [1.165, 1.54) is 0 Å². The average Bonchev–Trinajstić information content (AvgIpc) is 3.43. The molecule has 0 aliphatic heterocycles. The molecule has 10 heteroatoms. The van der Waals surface area contributed by atoms with Crippen molar-refractivity contribution in [3.63, 3.8) is 0 Å². The third-order valence-electron chi connectivity index (χ3n) is 4.92. The Labute approximate surface area is 177 Å². The zero-order chi connectivity index (χ0) is 20.9. The first-order chi connectivity index (χ1) is 14.6. The monoisotopic (exact) mass is 428 g/mol. The topological polar surface area (TPSA) is 115 Å². The predicted molar refractivity (Wildman–Crippen MR) is 108 cm³/mol. The van der Waals surface area contributed by atoms with Gasteiger partial charge < -0.3 is 15.2 Å². The highest BCUT2D eigenvalue weighted by Crippen LogP contribution is 2.23. The zero-order valence-electron chi connectivity index (χ0n) is 16.2. The molecule has 3 aromatic rings. The number of aryl methyl sites for hydroxylation is 1. The van der Waals surface area contributed by atoms with Crippen LogP contribution in [0.15, 0.2) is 35.0 Å². The van der Waals surface area contributed by atoms with Gasteiger partial charge in [-0.25, -0.2) is 4.68 Å². The van der Waals surface area contributed by atoms with Gasteiger partial charge in [-0.05, 0) is 43.4 Å². The van der Waals surface area contributed by atoms with E-state index in [1.807, 2.05) is 24.3 Å². The van der Waals surface area contributed by atoms with Crippen molar-refractivity contribution in [2.24, 2.45) is 0 Å². The van der Waals surface area contributed by atoms with E-state index >= 15 is 0 Å². The van der Waals surface area contributed by atoms with Crippen LogP contribution in [0.25, 0.3) is 5.69 Å². The molecule has 0 atom stereocenters. The van der Waals surface area contributed by atoms with E-state index in [2.05, 4.69) is 26.1 Å². The van der Waals surface area contributed by atoms with E-state index < -0.39 is 0 Å². The van der Waals surface area contributed by atoms with Crippen LogP contribution in [0.5, 0.6) is 0 Å². The van der Waals surface area contributed by atoms with Gasteiger partial charge in [0.05, 0.1) is 24.1 Å². The van der Waals surface area contributed by atoms with Gasteiger partial charge in [-0.3, -0.25) is 9.59 Å². The fourth-order valence-electron chi connectivity index (χ4n) is 3.38. The highest BCUT2D eigenvalue weighted by atomic mass is 35.5. The fourth-order valence-corrected chi connectivity index (χ4v) is 3.48. The Balaban J connectivity index is 1.39. The van der Waals surface area contributed by atoms with Gasteiger partial charge in [0.25, 0.3) is 5.91 Å². The van der Waals surface area contributed by atoms with Crippen molar-refractivity contribution in [1.82, 2.24) is 30.8 Å². The summed E-state index contributed by atoms with van der Waals surface area (Å²) in [7, 11) is 0. The van der Waals surface area contributed by atoms with Gasteiger partial charge in [0.1, 0.15) is 11.6 Å². The number of amides is 2. The molecule has 0 saturated carbocycles. The summed E-state index contributed by atoms with van der Waals surface area (Å²) in [6.45, 7) is 0.596. The van der Waals surface area contributed by atoms with Gasteiger partial charge in [-0.1, -0.05) is 22.5 Å². The minimum absolute atomic E-state index is 0.0984. The lowest BCUT2D eigenvalue weighted by molar-refractivity contribution is -0.118.